The predicted molar refractivity (Wildman–Crippen MR) is 87.9 cm³/mol. The van der Waals surface area contributed by atoms with Gasteiger partial charge in [0, 0.05) is 7.11 Å². The van der Waals surface area contributed by atoms with Crippen LogP contribution in [0.3, 0.4) is 0 Å². The molecule has 2 aliphatic rings. The Kier molecular flexibility index (Phi) is 15.6. The van der Waals surface area contributed by atoms with Gasteiger partial charge in [-0.1, -0.05) is 0 Å². The molecular weight excluding hydrogens is 396 g/mol. The summed E-state index contributed by atoms with van der Waals surface area (Å²) in [5.41, 5.74) is 0. The number of aliphatic hydroxyl groups is 7. The summed E-state index contributed by atoms with van der Waals surface area (Å²) in [4.78, 5) is 0. The molecule has 0 unspecified atom stereocenters. The van der Waals surface area contributed by atoms with Gasteiger partial charge in [-0.2, -0.15) is 0 Å². The molecule has 0 radical (unpaired) electrons. The van der Waals surface area contributed by atoms with Crippen molar-refractivity contribution >= 4 is 0 Å². The summed E-state index contributed by atoms with van der Waals surface area (Å²) < 4.78 is 20.6. The van der Waals surface area contributed by atoms with E-state index < -0.39 is 74.6 Å². The first kappa shape index (κ1) is 32.1. The lowest BCUT2D eigenvalue weighted by Gasteiger charge is -2.45. The maximum absolute atomic E-state index is 10.2. The molecule has 0 aromatic heterocycles. The second-order valence-electron chi connectivity index (χ2n) is 5.74. The van der Waals surface area contributed by atoms with Crippen molar-refractivity contribution in [3.8, 4) is 0 Å². The Morgan fingerprint density at radius 2 is 1.11 bits per heavy atom. The van der Waals surface area contributed by atoms with E-state index in [2.05, 4.69) is 0 Å². The van der Waals surface area contributed by atoms with Crippen LogP contribution < -0.4 is 0 Å². The molecule has 15 heteroatoms. The normalized spacial score (nSPS) is 42.9. The van der Waals surface area contributed by atoms with Crippen molar-refractivity contribution in [2.45, 2.75) is 61.4 Å². The van der Waals surface area contributed by atoms with Gasteiger partial charge in [-0.3, -0.25) is 0 Å². The summed E-state index contributed by atoms with van der Waals surface area (Å²) in [5.74, 6) is 0. The summed E-state index contributed by atoms with van der Waals surface area (Å²) in [6.45, 7) is -1.23. The first-order chi connectivity index (χ1) is 11.3. The number of methoxy groups -OCH3 is 1. The molecule has 0 aromatic carbocycles. The van der Waals surface area contributed by atoms with E-state index in [0.717, 1.165) is 0 Å². The number of aliphatic hydroxyl groups excluding tert-OH is 7. The third-order valence-electron chi connectivity index (χ3n) is 4.19. The number of hydrogen-bond acceptors (Lipinski definition) is 11. The molecule has 10 atom stereocenters. The molecule has 0 aliphatic carbocycles. The molecule has 2 aliphatic heterocycles. The molecule has 0 amide bonds. The van der Waals surface area contributed by atoms with Crippen molar-refractivity contribution in [3.05, 3.63) is 0 Å². The number of rotatable bonds is 5. The Bertz CT molecular complexity index is 382. The van der Waals surface area contributed by atoms with Crippen LogP contribution in [-0.4, -0.2) is 139 Å². The Labute approximate surface area is 159 Å². The minimum absolute atomic E-state index is 0. The molecule has 15 N–H and O–H groups in total. The first-order valence-corrected chi connectivity index (χ1v) is 7.46. The fourth-order valence-electron chi connectivity index (χ4n) is 2.74. The molecule has 0 saturated carbocycles. The van der Waals surface area contributed by atoms with Crippen LogP contribution in [0.4, 0.5) is 0 Å². The van der Waals surface area contributed by atoms with E-state index in [4.69, 9.17) is 24.1 Å². The van der Waals surface area contributed by atoms with Crippen LogP contribution in [0.2, 0.25) is 0 Å². The van der Waals surface area contributed by atoms with Gasteiger partial charge in [0.2, 0.25) is 0 Å². The fourth-order valence-corrected chi connectivity index (χ4v) is 2.74. The van der Waals surface area contributed by atoms with Crippen LogP contribution in [0.1, 0.15) is 0 Å². The van der Waals surface area contributed by atoms with E-state index in [1.54, 1.807) is 0 Å². The van der Waals surface area contributed by atoms with E-state index >= 15 is 0 Å². The standard InChI is InChI=1S/C13H24O11.4H2O/c1-21-12-10(20)11(7(17)5(3-15)22-12)24-13-9(19)8(18)6(16)4(2-14)23-13;;;;/h4-20H,2-3H2,1H3;4*1H2/t4-,5-,6-,7-,8+,9+,10-,11+,12-,13-;;;;/m1..../s1. The van der Waals surface area contributed by atoms with Crippen molar-refractivity contribution in [2.75, 3.05) is 20.3 Å². The maximum Gasteiger partial charge on any atom is 0.187 e. The lowest BCUT2D eigenvalue weighted by atomic mass is 9.97. The van der Waals surface area contributed by atoms with Gasteiger partial charge in [0.1, 0.15) is 48.8 Å². The van der Waals surface area contributed by atoms with Gasteiger partial charge >= 0.3 is 0 Å². The van der Waals surface area contributed by atoms with E-state index in [1.165, 1.54) is 7.11 Å². The summed E-state index contributed by atoms with van der Waals surface area (Å²) in [6.07, 6.45) is -14.4. The maximum atomic E-state index is 10.2. The van der Waals surface area contributed by atoms with Crippen LogP contribution in [0, 0.1) is 0 Å². The lowest BCUT2D eigenvalue weighted by molar-refractivity contribution is -0.358. The molecule has 174 valence electrons. The Morgan fingerprint density at radius 1 is 0.643 bits per heavy atom. The molecule has 2 heterocycles. The molecular formula is C13H32O15. The second-order valence-corrected chi connectivity index (χ2v) is 5.74. The van der Waals surface area contributed by atoms with Gasteiger partial charge in [-0.15, -0.1) is 0 Å². The average Bonchev–Trinajstić information content (AvgIpc) is 2.58. The van der Waals surface area contributed by atoms with Crippen LogP contribution in [-0.2, 0) is 18.9 Å². The number of ether oxygens (including phenoxy) is 4. The zero-order chi connectivity index (χ0) is 18.0. The highest BCUT2D eigenvalue weighted by Gasteiger charge is 2.50. The molecule has 0 spiro atoms. The van der Waals surface area contributed by atoms with E-state index in [9.17, 15) is 30.6 Å². The third-order valence-corrected chi connectivity index (χ3v) is 4.19. The number of hydrogen-bond donors (Lipinski definition) is 7. The zero-order valence-corrected chi connectivity index (χ0v) is 15.0. The van der Waals surface area contributed by atoms with E-state index in [0.29, 0.717) is 0 Å². The highest BCUT2D eigenvalue weighted by Crippen LogP contribution is 2.29. The predicted octanol–water partition coefficient (Wildman–Crippen LogP) is -8.04. The lowest BCUT2D eigenvalue weighted by Crippen LogP contribution is -2.64. The summed E-state index contributed by atoms with van der Waals surface area (Å²) in [7, 11) is 1.24. The van der Waals surface area contributed by atoms with Gasteiger partial charge in [0.05, 0.1) is 13.2 Å². The topological polar surface area (TPSA) is 305 Å². The van der Waals surface area contributed by atoms with Crippen molar-refractivity contribution in [1.82, 2.24) is 0 Å². The van der Waals surface area contributed by atoms with Crippen LogP contribution in [0.15, 0.2) is 0 Å². The molecule has 28 heavy (non-hydrogen) atoms. The molecule has 2 fully saturated rings. The molecule has 0 bridgehead atoms. The minimum Gasteiger partial charge on any atom is -0.412 e. The van der Waals surface area contributed by atoms with Gasteiger partial charge in [-0.05, 0) is 0 Å². The van der Waals surface area contributed by atoms with Crippen LogP contribution in [0.5, 0.6) is 0 Å². The van der Waals surface area contributed by atoms with Crippen LogP contribution in [0.25, 0.3) is 0 Å². The molecule has 0 aromatic rings. The van der Waals surface area contributed by atoms with Gasteiger partial charge in [0.25, 0.3) is 0 Å². The van der Waals surface area contributed by atoms with Crippen molar-refractivity contribution in [2.24, 2.45) is 0 Å². The Balaban J connectivity index is -0.00000156. The van der Waals surface area contributed by atoms with Gasteiger partial charge in [0.15, 0.2) is 12.6 Å². The van der Waals surface area contributed by atoms with Crippen LogP contribution >= 0.6 is 0 Å². The van der Waals surface area contributed by atoms with E-state index in [-0.39, 0.29) is 21.9 Å². The highest BCUT2D eigenvalue weighted by atomic mass is 16.7. The molecule has 2 saturated heterocycles. The summed E-state index contributed by atoms with van der Waals surface area (Å²) in [5, 5.41) is 68.1. The smallest absolute Gasteiger partial charge is 0.187 e. The third kappa shape index (κ3) is 6.20. The Hall–Kier alpha value is -0.600. The fraction of sp³-hybridized carbons (Fsp3) is 1.00. The molecule has 2 rings (SSSR count). The largest absolute Gasteiger partial charge is 0.412 e. The van der Waals surface area contributed by atoms with Crippen molar-refractivity contribution < 1.29 is 76.6 Å². The quantitative estimate of drug-likeness (QED) is 0.215. The second kappa shape index (κ2) is 13.6. The monoisotopic (exact) mass is 428 g/mol. The Morgan fingerprint density at radius 3 is 1.57 bits per heavy atom. The zero-order valence-electron chi connectivity index (χ0n) is 15.0. The van der Waals surface area contributed by atoms with Gasteiger partial charge in [-0.25, -0.2) is 0 Å². The highest BCUT2D eigenvalue weighted by molar-refractivity contribution is 4.93. The van der Waals surface area contributed by atoms with Crippen molar-refractivity contribution in [1.29, 1.82) is 0 Å². The van der Waals surface area contributed by atoms with Gasteiger partial charge < -0.3 is 76.6 Å². The molecule has 15 nitrogen and oxygen atoms in total. The summed E-state index contributed by atoms with van der Waals surface area (Å²) in [6, 6.07) is 0. The summed E-state index contributed by atoms with van der Waals surface area (Å²) >= 11 is 0. The van der Waals surface area contributed by atoms with Crippen molar-refractivity contribution in [3.63, 3.8) is 0 Å². The van der Waals surface area contributed by atoms with E-state index in [1.807, 2.05) is 0 Å². The average molecular weight is 428 g/mol. The SMILES string of the molecule is CO[C@@H]1O[C@H](CO)[C@@H](O)[C@H](O[C@H]2O[C@H](CO)[C@@H](O)[C@H](O)[C@@H]2O)[C@H]1O.O.O.O.O. The first-order valence-electron chi connectivity index (χ1n) is 7.46. The minimum atomic E-state index is -1.70.